The van der Waals surface area contributed by atoms with Gasteiger partial charge in [0.15, 0.2) is 6.04 Å². The molecule has 0 spiro atoms. The highest BCUT2D eigenvalue weighted by Gasteiger charge is 2.23. The van der Waals surface area contributed by atoms with Gasteiger partial charge in [0.2, 0.25) is 0 Å². The number of hydrogen-bond acceptors (Lipinski definition) is 7. The first-order chi connectivity index (χ1) is 15.6. The van der Waals surface area contributed by atoms with E-state index in [1.54, 1.807) is 37.4 Å². The number of carbonyl (C=O) groups is 1. The van der Waals surface area contributed by atoms with Crippen LogP contribution in [0.4, 0.5) is 11.5 Å². The Morgan fingerprint density at radius 2 is 1.91 bits per heavy atom. The highest BCUT2D eigenvalue weighted by atomic mass is 16.5. The maximum atomic E-state index is 12.8. The Morgan fingerprint density at radius 1 is 1.09 bits per heavy atom. The van der Waals surface area contributed by atoms with Crippen LogP contribution in [0.3, 0.4) is 0 Å². The van der Waals surface area contributed by atoms with E-state index >= 15 is 0 Å². The molecule has 0 aliphatic rings. The molecule has 164 valence electrons. The van der Waals surface area contributed by atoms with E-state index in [1.807, 2.05) is 43.3 Å². The van der Waals surface area contributed by atoms with Gasteiger partial charge in [0.05, 0.1) is 24.8 Å². The zero-order chi connectivity index (χ0) is 22.8. The number of anilines is 2. The molecule has 0 bridgehead atoms. The van der Waals surface area contributed by atoms with Crippen LogP contribution in [0.5, 0.6) is 5.75 Å². The van der Waals surface area contributed by atoms with Crippen molar-refractivity contribution in [2.75, 3.05) is 23.8 Å². The van der Waals surface area contributed by atoms with Crippen LogP contribution in [-0.4, -0.2) is 24.2 Å². The topological polar surface area (TPSA) is 96.3 Å². The van der Waals surface area contributed by atoms with Gasteiger partial charge in [-0.2, -0.15) is 5.26 Å². The third kappa shape index (κ3) is 6.22. The van der Waals surface area contributed by atoms with Crippen LogP contribution >= 0.6 is 0 Å². The fourth-order valence-electron chi connectivity index (χ4n) is 3.18. The molecule has 3 aromatic rings. The van der Waals surface area contributed by atoms with E-state index in [2.05, 4.69) is 21.7 Å². The second-order valence-corrected chi connectivity index (χ2v) is 6.93. The van der Waals surface area contributed by atoms with Crippen molar-refractivity contribution in [2.24, 2.45) is 0 Å². The molecule has 3 rings (SSSR count). The summed E-state index contributed by atoms with van der Waals surface area (Å²) in [5.41, 5.74) is 2.91. The maximum absolute atomic E-state index is 12.8. The summed E-state index contributed by atoms with van der Waals surface area (Å²) < 4.78 is 11.1. The van der Waals surface area contributed by atoms with E-state index in [4.69, 9.17) is 14.7 Å². The minimum Gasteiger partial charge on any atom is -0.494 e. The number of benzene rings is 2. The van der Waals surface area contributed by atoms with Gasteiger partial charge in [0, 0.05) is 18.4 Å². The van der Waals surface area contributed by atoms with Crippen molar-refractivity contribution < 1.29 is 14.3 Å². The molecule has 0 aliphatic carbocycles. The van der Waals surface area contributed by atoms with Crippen LogP contribution in [0.1, 0.15) is 36.6 Å². The smallest absolute Gasteiger partial charge is 0.333 e. The van der Waals surface area contributed by atoms with E-state index < -0.39 is 12.0 Å². The first-order valence-electron chi connectivity index (χ1n) is 10.5. The number of nitrogens with zero attached hydrogens (tertiary/aromatic N) is 2. The molecule has 0 fully saturated rings. The summed E-state index contributed by atoms with van der Waals surface area (Å²) in [4.78, 5) is 17.1. The van der Waals surface area contributed by atoms with Crippen molar-refractivity contribution in [3.05, 3.63) is 83.6 Å². The second kappa shape index (κ2) is 11.4. The number of ether oxygens (including phenoxy) is 2. The standard InChI is InChI=1S/C25H26N4O3/c1-3-31-22-14-19(17-28-23-7-5-6-12-27-23)13-20(15-22)24(25(30)32-4-2)29-21-10-8-18(16-26)9-11-21/h5-15,24,29H,3-4,17H2,1-2H3,(H,27,28). The van der Waals surface area contributed by atoms with Crippen LogP contribution in [0.2, 0.25) is 0 Å². The molecule has 1 unspecified atom stereocenters. The summed E-state index contributed by atoms with van der Waals surface area (Å²) in [5, 5.41) is 15.5. The van der Waals surface area contributed by atoms with E-state index in [0.717, 1.165) is 16.9 Å². The van der Waals surface area contributed by atoms with Gasteiger partial charge in [0.25, 0.3) is 0 Å². The molecule has 0 radical (unpaired) electrons. The lowest BCUT2D eigenvalue weighted by Crippen LogP contribution is -2.23. The van der Waals surface area contributed by atoms with Crippen molar-refractivity contribution in [3.8, 4) is 11.8 Å². The van der Waals surface area contributed by atoms with Crippen molar-refractivity contribution in [1.82, 2.24) is 4.98 Å². The van der Waals surface area contributed by atoms with E-state index in [9.17, 15) is 4.79 Å². The Hall–Kier alpha value is -4.05. The van der Waals surface area contributed by atoms with Crippen molar-refractivity contribution in [3.63, 3.8) is 0 Å². The molecule has 1 heterocycles. The molecule has 2 N–H and O–H groups in total. The number of nitriles is 1. The minimum absolute atomic E-state index is 0.267. The molecule has 2 aromatic carbocycles. The molecule has 7 nitrogen and oxygen atoms in total. The average molecular weight is 431 g/mol. The van der Waals surface area contributed by atoms with Gasteiger partial charge in [-0.15, -0.1) is 0 Å². The largest absolute Gasteiger partial charge is 0.494 e. The molecule has 0 saturated heterocycles. The number of aromatic nitrogens is 1. The van der Waals surface area contributed by atoms with E-state index in [-0.39, 0.29) is 6.61 Å². The summed E-state index contributed by atoms with van der Waals surface area (Å²) >= 11 is 0. The van der Waals surface area contributed by atoms with Gasteiger partial charge < -0.3 is 20.1 Å². The summed E-state index contributed by atoms with van der Waals surface area (Å²) in [6.45, 7) is 4.97. The predicted octanol–water partition coefficient (Wildman–Crippen LogP) is 4.68. The monoisotopic (exact) mass is 430 g/mol. The van der Waals surface area contributed by atoms with E-state index in [1.165, 1.54) is 0 Å². The molecule has 1 aromatic heterocycles. The van der Waals surface area contributed by atoms with Gasteiger partial charge in [-0.1, -0.05) is 12.1 Å². The Kier molecular flexibility index (Phi) is 8.04. The minimum atomic E-state index is -0.739. The second-order valence-electron chi connectivity index (χ2n) is 6.93. The molecule has 0 aliphatic heterocycles. The van der Waals surface area contributed by atoms with Crippen LogP contribution in [0, 0.1) is 11.3 Å². The third-order valence-corrected chi connectivity index (χ3v) is 4.62. The number of carbonyl (C=O) groups excluding carboxylic acids is 1. The lowest BCUT2D eigenvalue weighted by Gasteiger charge is -2.21. The van der Waals surface area contributed by atoms with E-state index in [0.29, 0.717) is 30.2 Å². The zero-order valence-corrected chi connectivity index (χ0v) is 18.2. The quantitative estimate of drug-likeness (QED) is 0.451. The molecular formula is C25H26N4O3. The highest BCUT2D eigenvalue weighted by Crippen LogP contribution is 2.27. The SMILES string of the molecule is CCOC(=O)C(Nc1ccc(C#N)cc1)c1cc(CNc2ccccn2)cc(OCC)c1. The molecule has 1 atom stereocenters. The van der Waals surface area contributed by atoms with Crippen LogP contribution in [-0.2, 0) is 16.1 Å². The Morgan fingerprint density at radius 3 is 2.56 bits per heavy atom. The van der Waals surface area contributed by atoms with Crippen LogP contribution in [0.15, 0.2) is 66.9 Å². The van der Waals surface area contributed by atoms with Gasteiger partial charge in [-0.05, 0) is 73.5 Å². The van der Waals surface area contributed by atoms with Gasteiger partial charge in [0.1, 0.15) is 11.6 Å². The van der Waals surface area contributed by atoms with Crippen molar-refractivity contribution in [1.29, 1.82) is 5.26 Å². The zero-order valence-electron chi connectivity index (χ0n) is 18.2. The number of rotatable bonds is 10. The van der Waals surface area contributed by atoms with Gasteiger partial charge in [-0.3, -0.25) is 0 Å². The first kappa shape index (κ1) is 22.6. The maximum Gasteiger partial charge on any atom is 0.333 e. The lowest BCUT2D eigenvalue weighted by atomic mass is 10.0. The molecular weight excluding hydrogens is 404 g/mol. The number of esters is 1. The summed E-state index contributed by atoms with van der Waals surface area (Å²) in [6, 6.07) is 19.7. The average Bonchev–Trinajstić information content (AvgIpc) is 2.82. The summed E-state index contributed by atoms with van der Waals surface area (Å²) in [7, 11) is 0. The number of nitrogens with one attached hydrogen (secondary N) is 2. The lowest BCUT2D eigenvalue weighted by molar-refractivity contribution is -0.144. The molecule has 32 heavy (non-hydrogen) atoms. The van der Waals surface area contributed by atoms with Crippen LogP contribution in [0.25, 0.3) is 0 Å². The third-order valence-electron chi connectivity index (χ3n) is 4.62. The summed E-state index contributed by atoms with van der Waals surface area (Å²) in [5.74, 6) is 1.03. The normalized spacial score (nSPS) is 11.2. The van der Waals surface area contributed by atoms with Gasteiger partial charge >= 0.3 is 5.97 Å². The number of pyridine rings is 1. The molecule has 0 saturated carbocycles. The number of hydrogen-bond donors (Lipinski definition) is 2. The predicted molar refractivity (Wildman–Crippen MR) is 123 cm³/mol. The fraction of sp³-hybridized carbons (Fsp3) is 0.240. The van der Waals surface area contributed by atoms with Crippen molar-refractivity contribution >= 4 is 17.5 Å². The molecule has 7 heteroatoms. The fourth-order valence-corrected chi connectivity index (χ4v) is 3.18. The Bertz CT molecular complexity index is 1060. The molecule has 0 amide bonds. The Balaban J connectivity index is 1.90. The highest BCUT2D eigenvalue weighted by molar-refractivity contribution is 5.81. The Labute approximate surface area is 188 Å². The van der Waals surface area contributed by atoms with Gasteiger partial charge in [-0.25, -0.2) is 9.78 Å². The first-order valence-corrected chi connectivity index (χ1v) is 10.5. The van der Waals surface area contributed by atoms with Crippen molar-refractivity contribution in [2.45, 2.75) is 26.4 Å². The van der Waals surface area contributed by atoms with Crippen LogP contribution < -0.4 is 15.4 Å². The summed E-state index contributed by atoms with van der Waals surface area (Å²) in [6.07, 6.45) is 1.72.